The fraction of sp³-hybridized carbons (Fsp3) is 0.0455. The van der Waals surface area contributed by atoms with Crippen LogP contribution >= 0.6 is 35.6 Å². The summed E-state index contributed by atoms with van der Waals surface area (Å²) in [5.41, 5.74) is 3.63. The molecule has 0 aliphatic carbocycles. The van der Waals surface area contributed by atoms with Crippen LogP contribution in [0.2, 0.25) is 5.02 Å². The average molecular weight is 491 g/mol. The van der Waals surface area contributed by atoms with Crippen LogP contribution in [-0.2, 0) is 4.79 Å². The van der Waals surface area contributed by atoms with E-state index in [1.54, 1.807) is 18.2 Å². The Kier molecular flexibility index (Phi) is 6.14. The molecule has 10 heteroatoms. The molecule has 0 saturated carbocycles. The summed E-state index contributed by atoms with van der Waals surface area (Å²) in [4.78, 5) is 25.5. The normalized spacial score (nSPS) is 15.0. The first kappa shape index (κ1) is 22.2. The topological polar surface area (TPSA) is 62.6 Å². The first-order valence-electron chi connectivity index (χ1n) is 9.13. The first-order valence-corrected chi connectivity index (χ1v) is 10.7. The van der Waals surface area contributed by atoms with E-state index in [0.29, 0.717) is 0 Å². The zero-order valence-corrected chi connectivity index (χ0v) is 18.7. The molecule has 1 saturated heterocycles. The van der Waals surface area contributed by atoms with E-state index in [1.165, 1.54) is 24.3 Å². The Bertz CT molecular complexity index is 1310. The third kappa shape index (κ3) is 4.45. The number of nitrogens with zero attached hydrogens (tertiary/aromatic N) is 1. The molecule has 1 N–H and O–H groups in total. The van der Waals surface area contributed by atoms with E-state index in [0.717, 1.165) is 34.5 Å². The van der Waals surface area contributed by atoms with Gasteiger partial charge in [0, 0.05) is 12.1 Å². The molecule has 2 heterocycles. The predicted octanol–water partition coefficient (Wildman–Crippen LogP) is 5.73. The van der Waals surface area contributed by atoms with Crippen molar-refractivity contribution < 1.29 is 22.8 Å². The monoisotopic (exact) mass is 490 g/mol. The minimum Gasteiger partial charge on any atom is -0.457 e. The lowest BCUT2D eigenvalue weighted by molar-refractivity contribution is -0.123. The summed E-state index contributed by atoms with van der Waals surface area (Å²) in [5.74, 6) is -2.17. The lowest BCUT2D eigenvalue weighted by Gasteiger charge is -2.16. The van der Waals surface area contributed by atoms with Gasteiger partial charge in [-0.3, -0.25) is 15.0 Å². The minimum absolute atomic E-state index is 0.0841. The fourth-order valence-corrected chi connectivity index (χ4v) is 4.40. The molecule has 1 aliphatic heterocycles. The molecule has 0 spiro atoms. The zero-order valence-electron chi connectivity index (χ0n) is 16.3. The van der Waals surface area contributed by atoms with Crippen LogP contribution in [0.1, 0.15) is 21.7 Å². The van der Waals surface area contributed by atoms with Crippen LogP contribution in [0.4, 0.5) is 8.78 Å². The summed E-state index contributed by atoms with van der Waals surface area (Å²) in [5, 5.41) is 1.20. The van der Waals surface area contributed by atoms with Crippen LogP contribution in [0.25, 0.3) is 17.4 Å². The largest absolute Gasteiger partial charge is 0.457 e. The highest BCUT2D eigenvalue weighted by atomic mass is 35.5. The summed E-state index contributed by atoms with van der Waals surface area (Å²) in [6, 6.07) is 11.1. The van der Waals surface area contributed by atoms with Crippen LogP contribution in [0.5, 0.6) is 0 Å². The molecule has 0 radical (unpaired) electrons. The first-order chi connectivity index (χ1) is 15.2. The van der Waals surface area contributed by atoms with Gasteiger partial charge in [-0.15, -0.1) is 0 Å². The molecule has 0 atom stereocenters. The molecular formula is C22H13ClF2N2O3S2. The third-order valence-electron chi connectivity index (χ3n) is 4.47. The van der Waals surface area contributed by atoms with Gasteiger partial charge in [0.25, 0.3) is 11.8 Å². The van der Waals surface area contributed by atoms with E-state index in [1.807, 2.05) is 6.92 Å². The lowest BCUT2D eigenvalue weighted by Crippen LogP contribution is -2.44. The number of aryl methyl sites for hydroxylation is 1. The molecule has 2 amide bonds. The number of hydrogen-bond donors (Lipinski definition) is 1. The number of furan rings is 1. The third-order valence-corrected chi connectivity index (χ3v) is 6.09. The van der Waals surface area contributed by atoms with Crippen LogP contribution < -0.4 is 5.43 Å². The minimum atomic E-state index is -0.769. The van der Waals surface area contributed by atoms with Gasteiger partial charge in [-0.05, 0) is 61.1 Å². The second-order valence-corrected chi connectivity index (χ2v) is 8.85. The number of benzene rings is 2. The molecule has 162 valence electrons. The van der Waals surface area contributed by atoms with Gasteiger partial charge in [0.2, 0.25) is 0 Å². The number of carbonyl (C=O) groups is 2. The molecule has 0 unspecified atom stereocenters. The molecule has 0 bridgehead atoms. The Hall–Kier alpha value is -3.01. The molecule has 1 aromatic heterocycles. The van der Waals surface area contributed by atoms with E-state index < -0.39 is 23.4 Å². The summed E-state index contributed by atoms with van der Waals surface area (Å²) in [6.07, 6.45) is 1.43. The van der Waals surface area contributed by atoms with Crippen molar-refractivity contribution in [2.75, 3.05) is 0 Å². The van der Waals surface area contributed by atoms with E-state index in [9.17, 15) is 18.4 Å². The fourth-order valence-electron chi connectivity index (χ4n) is 2.92. The van der Waals surface area contributed by atoms with Crippen LogP contribution in [0, 0.1) is 18.6 Å². The van der Waals surface area contributed by atoms with Crippen molar-refractivity contribution in [1.29, 1.82) is 0 Å². The Balaban J connectivity index is 1.52. The number of thiocarbonyl (C=S) groups is 1. The van der Waals surface area contributed by atoms with E-state index >= 15 is 0 Å². The maximum atomic E-state index is 14.0. The second kappa shape index (κ2) is 8.85. The van der Waals surface area contributed by atoms with Crippen molar-refractivity contribution in [3.8, 4) is 11.3 Å². The van der Waals surface area contributed by atoms with Crippen LogP contribution in [-0.4, -0.2) is 21.1 Å². The Labute approximate surface area is 196 Å². The average Bonchev–Trinajstić information content (AvgIpc) is 3.28. The Morgan fingerprint density at radius 3 is 2.69 bits per heavy atom. The highest BCUT2D eigenvalue weighted by Crippen LogP contribution is 2.33. The quantitative estimate of drug-likeness (QED) is 0.373. The second-order valence-electron chi connectivity index (χ2n) is 6.77. The maximum Gasteiger partial charge on any atom is 0.285 e. The van der Waals surface area contributed by atoms with Crippen molar-refractivity contribution in [3.05, 3.63) is 87.0 Å². The SMILES string of the molecule is Cc1ccc(C(=O)NN2C(=O)/C(=C\c3ccc(-c4ccc(F)cc4F)o3)SC2=S)c(Cl)c1. The molecular weight excluding hydrogens is 478 g/mol. The highest BCUT2D eigenvalue weighted by Gasteiger charge is 2.34. The molecule has 2 aromatic carbocycles. The highest BCUT2D eigenvalue weighted by molar-refractivity contribution is 8.26. The molecule has 5 nitrogen and oxygen atoms in total. The van der Waals surface area contributed by atoms with Gasteiger partial charge in [-0.2, -0.15) is 5.01 Å². The summed E-state index contributed by atoms with van der Waals surface area (Å²) in [6.45, 7) is 1.84. The molecule has 3 aromatic rings. The van der Waals surface area contributed by atoms with Gasteiger partial charge in [-0.25, -0.2) is 8.78 Å². The standard InChI is InChI=1S/C22H13ClF2N2O3S2/c1-11-2-5-14(16(23)8-11)20(28)26-27-21(29)19(32-22(27)31)10-13-4-7-18(30-13)15-6-3-12(24)9-17(15)25/h2-10H,1H3,(H,26,28)/b19-10+. The van der Waals surface area contributed by atoms with Crippen molar-refractivity contribution >= 4 is 57.8 Å². The maximum absolute atomic E-state index is 14.0. The van der Waals surface area contributed by atoms with E-state index in [2.05, 4.69) is 5.43 Å². The summed E-state index contributed by atoms with van der Waals surface area (Å²) >= 11 is 12.3. The van der Waals surface area contributed by atoms with E-state index in [-0.39, 0.29) is 36.9 Å². The molecule has 4 rings (SSSR count). The number of nitrogens with one attached hydrogen (secondary N) is 1. The van der Waals surface area contributed by atoms with Crippen molar-refractivity contribution in [2.24, 2.45) is 0 Å². The summed E-state index contributed by atoms with van der Waals surface area (Å²) < 4.78 is 32.8. The number of hydrazine groups is 1. The molecule has 1 aliphatic rings. The summed E-state index contributed by atoms with van der Waals surface area (Å²) in [7, 11) is 0. The molecule has 1 fully saturated rings. The number of halogens is 3. The van der Waals surface area contributed by atoms with Crippen molar-refractivity contribution in [2.45, 2.75) is 6.92 Å². The lowest BCUT2D eigenvalue weighted by atomic mass is 10.1. The van der Waals surface area contributed by atoms with Crippen molar-refractivity contribution in [3.63, 3.8) is 0 Å². The van der Waals surface area contributed by atoms with Gasteiger partial charge >= 0.3 is 0 Å². The number of carbonyl (C=O) groups excluding carboxylic acids is 2. The zero-order chi connectivity index (χ0) is 23.0. The molecule has 32 heavy (non-hydrogen) atoms. The number of thioether (sulfide) groups is 1. The smallest absolute Gasteiger partial charge is 0.285 e. The number of hydrogen-bond acceptors (Lipinski definition) is 5. The van der Waals surface area contributed by atoms with Crippen LogP contribution in [0.3, 0.4) is 0 Å². The number of amides is 2. The number of rotatable bonds is 4. The van der Waals surface area contributed by atoms with Crippen molar-refractivity contribution in [1.82, 2.24) is 10.4 Å². The van der Waals surface area contributed by atoms with Gasteiger partial charge in [0.15, 0.2) is 4.32 Å². The predicted molar refractivity (Wildman–Crippen MR) is 123 cm³/mol. The van der Waals surface area contributed by atoms with Crippen LogP contribution in [0.15, 0.2) is 57.9 Å². The Morgan fingerprint density at radius 1 is 1.19 bits per heavy atom. The van der Waals surface area contributed by atoms with Gasteiger partial charge in [0.1, 0.15) is 23.2 Å². The Morgan fingerprint density at radius 2 is 1.97 bits per heavy atom. The van der Waals surface area contributed by atoms with Gasteiger partial charge in [0.05, 0.1) is 21.1 Å². The van der Waals surface area contributed by atoms with Gasteiger partial charge in [-0.1, -0.05) is 29.4 Å². The van der Waals surface area contributed by atoms with E-state index in [4.69, 9.17) is 28.2 Å². The van der Waals surface area contributed by atoms with Gasteiger partial charge < -0.3 is 4.42 Å².